The highest BCUT2D eigenvalue weighted by molar-refractivity contribution is 5.86. The maximum atomic E-state index is 11.6. The van der Waals surface area contributed by atoms with Crippen molar-refractivity contribution in [3.05, 3.63) is 0 Å². The van der Waals surface area contributed by atoms with Gasteiger partial charge in [0, 0.05) is 32.1 Å². The van der Waals surface area contributed by atoms with Gasteiger partial charge in [0.25, 0.3) is 0 Å². The van der Waals surface area contributed by atoms with Gasteiger partial charge in [-0.25, -0.2) is 0 Å². The minimum atomic E-state index is -0.877. The molecular weight excluding hydrogens is 268 g/mol. The molecule has 0 saturated heterocycles. The van der Waals surface area contributed by atoms with Crippen LogP contribution in [-0.4, -0.2) is 22.6 Å². The molecule has 0 spiro atoms. The topological polar surface area (TPSA) is 71.4 Å². The number of ketones is 2. The Hall–Kier alpha value is -1.19. The van der Waals surface area contributed by atoms with Crippen LogP contribution in [-0.2, 0) is 14.4 Å². The molecule has 0 aromatic heterocycles. The fourth-order valence-corrected chi connectivity index (χ4v) is 2.24. The van der Waals surface area contributed by atoms with Crippen LogP contribution >= 0.6 is 0 Å². The summed E-state index contributed by atoms with van der Waals surface area (Å²) in [4.78, 5) is 33.4. The molecule has 0 aliphatic heterocycles. The molecule has 122 valence electrons. The predicted octanol–water partition coefficient (Wildman–Crippen LogP) is 4.30. The van der Waals surface area contributed by atoms with Crippen LogP contribution in [0.2, 0.25) is 0 Å². The molecule has 0 heterocycles. The second-order valence-electron chi connectivity index (χ2n) is 5.70. The van der Waals surface area contributed by atoms with Gasteiger partial charge in [-0.2, -0.15) is 0 Å². The SMILES string of the molecule is CCCCCCCCCC(=O)CCC(=O)CCCC(=O)O. The first-order valence-corrected chi connectivity index (χ1v) is 8.31. The second kappa shape index (κ2) is 13.8. The fourth-order valence-electron chi connectivity index (χ4n) is 2.24. The number of hydrogen-bond acceptors (Lipinski definition) is 3. The van der Waals surface area contributed by atoms with Crippen molar-refractivity contribution >= 4 is 17.5 Å². The van der Waals surface area contributed by atoms with Gasteiger partial charge in [0.2, 0.25) is 0 Å². The van der Waals surface area contributed by atoms with Crippen molar-refractivity contribution in [3.8, 4) is 0 Å². The standard InChI is InChI=1S/C17H30O4/c1-2-3-4-5-6-7-8-10-15(18)13-14-16(19)11-9-12-17(20)21/h2-14H2,1H3,(H,20,21). The molecule has 0 unspecified atom stereocenters. The highest BCUT2D eigenvalue weighted by Gasteiger charge is 2.08. The summed E-state index contributed by atoms with van der Waals surface area (Å²) in [6.07, 6.45) is 10.2. The Bertz CT molecular complexity index is 310. The van der Waals surface area contributed by atoms with E-state index in [1.54, 1.807) is 0 Å². The lowest BCUT2D eigenvalue weighted by Crippen LogP contribution is -2.05. The smallest absolute Gasteiger partial charge is 0.303 e. The number of carbonyl (C=O) groups is 3. The van der Waals surface area contributed by atoms with Crippen molar-refractivity contribution in [2.45, 2.75) is 90.4 Å². The van der Waals surface area contributed by atoms with Gasteiger partial charge in [0.1, 0.15) is 11.6 Å². The average molecular weight is 298 g/mol. The Balaban J connectivity index is 3.41. The summed E-state index contributed by atoms with van der Waals surface area (Å²) in [5.41, 5.74) is 0. The van der Waals surface area contributed by atoms with Crippen LogP contribution in [0.15, 0.2) is 0 Å². The summed E-state index contributed by atoms with van der Waals surface area (Å²) in [6.45, 7) is 2.20. The molecule has 0 aliphatic rings. The van der Waals surface area contributed by atoms with Crippen LogP contribution in [0, 0.1) is 0 Å². The number of carboxylic acid groups (broad SMARTS) is 1. The molecule has 0 saturated carbocycles. The second-order valence-corrected chi connectivity index (χ2v) is 5.70. The van der Waals surface area contributed by atoms with Gasteiger partial charge in [0.15, 0.2) is 0 Å². The molecule has 0 aromatic carbocycles. The summed E-state index contributed by atoms with van der Waals surface area (Å²) in [5, 5.41) is 8.47. The molecular formula is C17H30O4. The van der Waals surface area contributed by atoms with Crippen LogP contribution in [0.3, 0.4) is 0 Å². The van der Waals surface area contributed by atoms with E-state index in [0.29, 0.717) is 19.3 Å². The quantitative estimate of drug-likeness (QED) is 0.457. The molecule has 0 bridgehead atoms. The molecule has 0 aliphatic carbocycles. The Kier molecular flexibility index (Phi) is 13.0. The van der Waals surface area contributed by atoms with Crippen LogP contribution in [0.5, 0.6) is 0 Å². The highest BCUT2D eigenvalue weighted by Crippen LogP contribution is 2.10. The van der Waals surface area contributed by atoms with Crippen LogP contribution < -0.4 is 0 Å². The molecule has 0 aromatic rings. The Labute approximate surface area is 128 Å². The van der Waals surface area contributed by atoms with E-state index in [4.69, 9.17) is 5.11 Å². The molecule has 0 atom stereocenters. The summed E-state index contributed by atoms with van der Waals surface area (Å²) in [6, 6.07) is 0. The number of hydrogen-bond donors (Lipinski definition) is 1. The summed E-state index contributed by atoms with van der Waals surface area (Å²) >= 11 is 0. The predicted molar refractivity (Wildman–Crippen MR) is 83.3 cm³/mol. The van der Waals surface area contributed by atoms with E-state index in [1.165, 1.54) is 32.1 Å². The van der Waals surface area contributed by atoms with Gasteiger partial charge in [-0.1, -0.05) is 45.4 Å². The summed E-state index contributed by atoms with van der Waals surface area (Å²) in [7, 11) is 0. The normalized spacial score (nSPS) is 10.5. The number of carbonyl (C=O) groups excluding carboxylic acids is 2. The average Bonchev–Trinajstić information content (AvgIpc) is 2.43. The third kappa shape index (κ3) is 15.0. The van der Waals surface area contributed by atoms with Gasteiger partial charge in [-0.15, -0.1) is 0 Å². The third-order valence-corrected chi connectivity index (χ3v) is 3.59. The van der Waals surface area contributed by atoms with Gasteiger partial charge in [-0.05, 0) is 12.8 Å². The van der Waals surface area contributed by atoms with Crippen LogP contribution in [0.25, 0.3) is 0 Å². The maximum absolute atomic E-state index is 11.6. The monoisotopic (exact) mass is 298 g/mol. The Morgan fingerprint density at radius 1 is 0.619 bits per heavy atom. The summed E-state index contributed by atoms with van der Waals surface area (Å²) < 4.78 is 0. The van der Waals surface area contributed by atoms with E-state index in [-0.39, 0.29) is 30.8 Å². The molecule has 0 fully saturated rings. The van der Waals surface area contributed by atoms with E-state index < -0.39 is 5.97 Å². The van der Waals surface area contributed by atoms with Crippen LogP contribution in [0.4, 0.5) is 0 Å². The number of unbranched alkanes of at least 4 members (excludes halogenated alkanes) is 6. The minimum Gasteiger partial charge on any atom is -0.481 e. The van der Waals surface area contributed by atoms with E-state index >= 15 is 0 Å². The number of aliphatic carboxylic acids is 1. The molecule has 0 rings (SSSR count). The van der Waals surface area contributed by atoms with Crippen molar-refractivity contribution in [2.24, 2.45) is 0 Å². The lowest BCUT2D eigenvalue weighted by molar-refractivity contribution is -0.137. The third-order valence-electron chi connectivity index (χ3n) is 3.59. The van der Waals surface area contributed by atoms with E-state index in [9.17, 15) is 14.4 Å². The number of Topliss-reactive ketones (excluding diaryl/α,β-unsaturated/α-hetero) is 2. The van der Waals surface area contributed by atoms with Crippen LogP contribution in [0.1, 0.15) is 90.4 Å². The van der Waals surface area contributed by atoms with Gasteiger partial charge < -0.3 is 5.11 Å². The first-order valence-electron chi connectivity index (χ1n) is 8.31. The zero-order valence-electron chi connectivity index (χ0n) is 13.4. The maximum Gasteiger partial charge on any atom is 0.303 e. The van der Waals surface area contributed by atoms with E-state index in [0.717, 1.165) is 12.8 Å². The zero-order valence-corrected chi connectivity index (χ0v) is 13.4. The lowest BCUT2D eigenvalue weighted by Gasteiger charge is -2.02. The first-order chi connectivity index (χ1) is 10.1. The largest absolute Gasteiger partial charge is 0.481 e. The van der Waals surface area contributed by atoms with Crippen molar-refractivity contribution < 1.29 is 19.5 Å². The highest BCUT2D eigenvalue weighted by atomic mass is 16.4. The summed E-state index contributed by atoms with van der Waals surface area (Å²) in [5.74, 6) is -0.711. The zero-order chi connectivity index (χ0) is 15.9. The van der Waals surface area contributed by atoms with Crippen molar-refractivity contribution in [1.82, 2.24) is 0 Å². The minimum absolute atomic E-state index is 0.00386. The number of rotatable bonds is 15. The van der Waals surface area contributed by atoms with Gasteiger partial charge in [-0.3, -0.25) is 14.4 Å². The Morgan fingerprint density at radius 2 is 1.10 bits per heavy atom. The van der Waals surface area contributed by atoms with E-state index in [2.05, 4.69) is 6.92 Å². The molecule has 0 radical (unpaired) electrons. The van der Waals surface area contributed by atoms with Gasteiger partial charge in [0.05, 0.1) is 0 Å². The lowest BCUT2D eigenvalue weighted by atomic mass is 10.0. The van der Waals surface area contributed by atoms with Crippen molar-refractivity contribution in [1.29, 1.82) is 0 Å². The molecule has 0 amide bonds. The van der Waals surface area contributed by atoms with E-state index in [1.807, 2.05) is 0 Å². The molecule has 21 heavy (non-hydrogen) atoms. The first kappa shape index (κ1) is 19.8. The molecule has 4 heteroatoms. The van der Waals surface area contributed by atoms with Crippen molar-refractivity contribution in [2.75, 3.05) is 0 Å². The fraction of sp³-hybridized carbons (Fsp3) is 0.824. The number of carboxylic acids is 1. The van der Waals surface area contributed by atoms with Crippen molar-refractivity contribution in [3.63, 3.8) is 0 Å². The Morgan fingerprint density at radius 3 is 1.62 bits per heavy atom. The molecule has 4 nitrogen and oxygen atoms in total. The molecule has 1 N–H and O–H groups in total. The van der Waals surface area contributed by atoms with Gasteiger partial charge >= 0.3 is 5.97 Å².